The molecule has 94 valence electrons. The second kappa shape index (κ2) is 5.81. The van der Waals surface area contributed by atoms with E-state index in [0.717, 1.165) is 13.1 Å². The lowest BCUT2D eigenvalue weighted by Gasteiger charge is -2.32. The first-order chi connectivity index (χ1) is 8.18. The lowest BCUT2D eigenvalue weighted by molar-refractivity contribution is 0.194. The number of anilines is 1. The van der Waals surface area contributed by atoms with Crippen molar-refractivity contribution in [2.45, 2.75) is 25.3 Å². The zero-order valence-corrected chi connectivity index (χ0v) is 12.0. The Morgan fingerprint density at radius 3 is 3.24 bits per heavy atom. The van der Waals surface area contributed by atoms with Crippen molar-refractivity contribution < 1.29 is 0 Å². The monoisotopic (exact) mass is 348 g/mol. The molecule has 0 radical (unpaired) electrons. The van der Waals surface area contributed by atoms with Crippen LogP contribution in [0.5, 0.6) is 0 Å². The van der Waals surface area contributed by atoms with Crippen LogP contribution in [0, 0.1) is 3.57 Å². The number of aromatic amines is 1. The van der Waals surface area contributed by atoms with Crippen LogP contribution in [0.4, 0.5) is 5.82 Å². The lowest BCUT2D eigenvalue weighted by atomic mass is 10.0. The van der Waals surface area contributed by atoms with E-state index >= 15 is 0 Å². The molecule has 5 nitrogen and oxygen atoms in total. The molecule has 1 aliphatic rings. The minimum absolute atomic E-state index is 0.0832. The van der Waals surface area contributed by atoms with Gasteiger partial charge in [0.2, 0.25) is 0 Å². The molecule has 2 heterocycles. The Kier molecular flexibility index (Phi) is 4.38. The molecule has 1 atom stereocenters. The van der Waals surface area contributed by atoms with Crippen molar-refractivity contribution in [2.75, 3.05) is 25.5 Å². The Bertz CT molecular complexity index is 434. The van der Waals surface area contributed by atoms with E-state index in [2.05, 4.69) is 27.2 Å². The third kappa shape index (κ3) is 3.19. The lowest BCUT2D eigenvalue weighted by Crippen LogP contribution is -2.41. The first-order valence-corrected chi connectivity index (χ1v) is 6.93. The Hall–Kier alpha value is -0.630. The highest BCUT2D eigenvalue weighted by molar-refractivity contribution is 14.1. The van der Waals surface area contributed by atoms with Crippen molar-refractivity contribution in [3.8, 4) is 0 Å². The first kappa shape index (κ1) is 12.8. The van der Waals surface area contributed by atoms with E-state index in [0.29, 0.717) is 15.4 Å². The second-order valence-electron chi connectivity index (χ2n) is 4.41. The van der Waals surface area contributed by atoms with Crippen LogP contribution in [-0.4, -0.2) is 41.0 Å². The Balaban J connectivity index is 1.97. The molecule has 1 aliphatic heterocycles. The number of nitrogens with one attached hydrogen (secondary N) is 2. The van der Waals surface area contributed by atoms with E-state index in [1.165, 1.54) is 25.6 Å². The summed E-state index contributed by atoms with van der Waals surface area (Å²) in [4.78, 5) is 20.5. The number of nitrogens with zero attached hydrogens (tertiary/aromatic N) is 2. The molecule has 0 aromatic carbocycles. The smallest absolute Gasteiger partial charge is 0.266 e. The van der Waals surface area contributed by atoms with E-state index < -0.39 is 0 Å². The fourth-order valence-electron chi connectivity index (χ4n) is 2.12. The Morgan fingerprint density at radius 2 is 2.47 bits per heavy atom. The zero-order valence-electron chi connectivity index (χ0n) is 9.87. The number of piperidine rings is 1. The van der Waals surface area contributed by atoms with Crippen LogP contribution in [0.15, 0.2) is 11.1 Å². The van der Waals surface area contributed by atoms with Crippen LogP contribution in [0.1, 0.15) is 19.3 Å². The predicted molar refractivity (Wildman–Crippen MR) is 76.3 cm³/mol. The van der Waals surface area contributed by atoms with Gasteiger partial charge in [-0.1, -0.05) is 6.42 Å². The summed E-state index contributed by atoms with van der Waals surface area (Å²) >= 11 is 2.02. The van der Waals surface area contributed by atoms with Crippen molar-refractivity contribution >= 4 is 28.4 Å². The van der Waals surface area contributed by atoms with Gasteiger partial charge in [-0.15, -0.1) is 0 Å². The van der Waals surface area contributed by atoms with Crippen molar-refractivity contribution in [1.29, 1.82) is 0 Å². The minimum Gasteiger partial charge on any atom is -0.367 e. The zero-order chi connectivity index (χ0) is 12.3. The maximum Gasteiger partial charge on any atom is 0.266 e. The van der Waals surface area contributed by atoms with Gasteiger partial charge in [-0.05, 0) is 49.0 Å². The SMILES string of the molecule is CN1CCCCC1CNc1nc[nH]c(=O)c1I. The highest BCUT2D eigenvalue weighted by atomic mass is 127. The molecule has 0 aliphatic carbocycles. The van der Waals surface area contributed by atoms with Crippen molar-refractivity contribution in [2.24, 2.45) is 0 Å². The van der Waals surface area contributed by atoms with Crippen LogP contribution in [0.2, 0.25) is 0 Å². The van der Waals surface area contributed by atoms with E-state index in [-0.39, 0.29) is 5.56 Å². The maximum absolute atomic E-state index is 11.4. The van der Waals surface area contributed by atoms with Crippen molar-refractivity contribution in [1.82, 2.24) is 14.9 Å². The molecule has 17 heavy (non-hydrogen) atoms. The molecule has 2 rings (SSSR count). The summed E-state index contributed by atoms with van der Waals surface area (Å²) in [5.41, 5.74) is -0.0832. The molecule has 1 unspecified atom stereocenters. The topological polar surface area (TPSA) is 61.0 Å². The quantitative estimate of drug-likeness (QED) is 0.808. The first-order valence-electron chi connectivity index (χ1n) is 5.86. The van der Waals surface area contributed by atoms with Gasteiger partial charge in [0.05, 0.1) is 6.33 Å². The van der Waals surface area contributed by atoms with Gasteiger partial charge < -0.3 is 15.2 Å². The number of rotatable bonds is 3. The number of H-pyrrole nitrogens is 1. The van der Waals surface area contributed by atoms with Crippen LogP contribution in [0.3, 0.4) is 0 Å². The largest absolute Gasteiger partial charge is 0.367 e. The molecule has 1 fully saturated rings. The summed E-state index contributed by atoms with van der Waals surface area (Å²) in [7, 11) is 2.15. The molecule has 2 N–H and O–H groups in total. The maximum atomic E-state index is 11.4. The van der Waals surface area contributed by atoms with Crippen LogP contribution < -0.4 is 10.9 Å². The standard InChI is InChI=1S/C11H17IN4O/c1-16-5-3-2-4-8(16)6-13-10-9(12)11(17)15-7-14-10/h7-8H,2-6H2,1H3,(H2,13,14,15,17). The molecule has 1 aromatic rings. The van der Waals surface area contributed by atoms with E-state index in [9.17, 15) is 4.79 Å². The molecule has 1 saturated heterocycles. The van der Waals surface area contributed by atoms with Gasteiger partial charge in [-0.3, -0.25) is 4.79 Å². The van der Waals surface area contributed by atoms with Gasteiger partial charge in [-0.25, -0.2) is 4.98 Å². The number of hydrogen-bond acceptors (Lipinski definition) is 4. The molecule has 6 heteroatoms. The van der Waals surface area contributed by atoms with Gasteiger partial charge in [-0.2, -0.15) is 0 Å². The average molecular weight is 348 g/mol. The van der Waals surface area contributed by atoms with Crippen LogP contribution >= 0.6 is 22.6 Å². The van der Waals surface area contributed by atoms with E-state index in [1.807, 2.05) is 22.6 Å². The Labute approximate surface area is 114 Å². The van der Waals surface area contributed by atoms with E-state index in [4.69, 9.17) is 0 Å². The summed E-state index contributed by atoms with van der Waals surface area (Å²) in [5, 5.41) is 3.27. The van der Waals surface area contributed by atoms with Crippen LogP contribution in [-0.2, 0) is 0 Å². The van der Waals surface area contributed by atoms with Crippen LogP contribution in [0.25, 0.3) is 0 Å². The van der Waals surface area contributed by atoms with Gasteiger partial charge >= 0.3 is 0 Å². The summed E-state index contributed by atoms with van der Waals surface area (Å²) < 4.78 is 0.628. The summed E-state index contributed by atoms with van der Waals surface area (Å²) in [6, 6.07) is 0.542. The number of hydrogen-bond donors (Lipinski definition) is 2. The number of likely N-dealkylation sites (N-methyl/N-ethyl adjacent to an activating group) is 1. The fraction of sp³-hybridized carbons (Fsp3) is 0.636. The summed E-state index contributed by atoms with van der Waals surface area (Å²) in [6.07, 6.45) is 5.23. The highest BCUT2D eigenvalue weighted by Gasteiger charge is 2.18. The third-order valence-electron chi connectivity index (χ3n) is 3.22. The molecule has 0 spiro atoms. The molecule has 0 saturated carbocycles. The van der Waals surface area contributed by atoms with Gasteiger partial charge in [0, 0.05) is 12.6 Å². The highest BCUT2D eigenvalue weighted by Crippen LogP contribution is 2.16. The van der Waals surface area contributed by atoms with Crippen molar-refractivity contribution in [3.05, 3.63) is 20.3 Å². The second-order valence-corrected chi connectivity index (χ2v) is 5.48. The summed E-state index contributed by atoms with van der Waals surface area (Å²) in [6.45, 7) is 2.01. The molecular weight excluding hydrogens is 331 g/mol. The normalized spacial score (nSPS) is 21.4. The van der Waals surface area contributed by atoms with Gasteiger partial charge in [0.25, 0.3) is 5.56 Å². The number of likely N-dealkylation sites (tertiary alicyclic amines) is 1. The molecule has 1 aromatic heterocycles. The molecule has 0 bridgehead atoms. The average Bonchev–Trinajstić information content (AvgIpc) is 2.33. The number of aromatic nitrogens is 2. The molecular formula is C11H17IN4O. The van der Waals surface area contributed by atoms with E-state index in [1.54, 1.807) is 0 Å². The third-order valence-corrected chi connectivity index (χ3v) is 4.22. The predicted octanol–water partition coefficient (Wildman–Crippen LogP) is 1.27. The van der Waals surface area contributed by atoms with Gasteiger partial charge in [0.1, 0.15) is 9.39 Å². The van der Waals surface area contributed by atoms with Gasteiger partial charge in [0.15, 0.2) is 0 Å². The minimum atomic E-state index is -0.0832. The molecule has 0 amide bonds. The summed E-state index contributed by atoms with van der Waals surface area (Å²) in [5.74, 6) is 0.688. The fourth-order valence-corrected chi connectivity index (χ4v) is 2.61. The number of halogens is 1. The Morgan fingerprint density at radius 1 is 1.65 bits per heavy atom. The van der Waals surface area contributed by atoms with Crippen molar-refractivity contribution in [3.63, 3.8) is 0 Å².